The maximum absolute atomic E-state index is 12.0. The van der Waals surface area contributed by atoms with Crippen molar-refractivity contribution in [1.29, 1.82) is 0 Å². The number of aromatic nitrogens is 2. The quantitative estimate of drug-likeness (QED) is 0.886. The summed E-state index contributed by atoms with van der Waals surface area (Å²) in [5.41, 5.74) is 0. The van der Waals surface area contributed by atoms with Gasteiger partial charge in [-0.3, -0.25) is 4.79 Å². The number of nitrogens with zero attached hydrogens (tertiary/aromatic N) is 2. The fraction of sp³-hybridized carbons (Fsp3) is 0.667. The average Bonchev–Trinajstić information content (AvgIpc) is 2.61. The van der Waals surface area contributed by atoms with Gasteiger partial charge in [-0.25, -0.2) is 0 Å². The van der Waals surface area contributed by atoms with Crippen LogP contribution in [0.4, 0.5) is 13.2 Å². The zero-order valence-corrected chi connectivity index (χ0v) is 9.15. The molecule has 17 heavy (non-hydrogen) atoms. The van der Waals surface area contributed by atoms with E-state index in [1.165, 1.54) is 13.8 Å². The summed E-state index contributed by atoms with van der Waals surface area (Å²) in [7, 11) is 0. The van der Waals surface area contributed by atoms with Crippen molar-refractivity contribution in [3.8, 4) is 0 Å². The van der Waals surface area contributed by atoms with Crippen LogP contribution in [0.5, 0.6) is 0 Å². The molecule has 1 rings (SSSR count). The summed E-state index contributed by atoms with van der Waals surface area (Å²) in [4.78, 5) is 14.2. The largest absolute Gasteiger partial charge is 0.481 e. The minimum atomic E-state index is -4.41. The number of rotatable bonds is 4. The van der Waals surface area contributed by atoms with E-state index in [2.05, 4.69) is 14.7 Å². The van der Waals surface area contributed by atoms with Crippen molar-refractivity contribution in [3.05, 3.63) is 11.7 Å². The van der Waals surface area contributed by atoms with Gasteiger partial charge in [0.15, 0.2) is 5.82 Å². The van der Waals surface area contributed by atoms with Crippen LogP contribution >= 0.6 is 0 Å². The second kappa shape index (κ2) is 4.72. The Kier molecular flexibility index (Phi) is 3.74. The fourth-order valence-corrected chi connectivity index (χ4v) is 1.13. The van der Waals surface area contributed by atoms with E-state index >= 15 is 0 Å². The highest BCUT2D eigenvalue weighted by molar-refractivity contribution is 5.70. The van der Waals surface area contributed by atoms with Gasteiger partial charge in [-0.15, -0.1) is 0 Å². The highest BCUT2D eigenvalue weighted by Gasteiger charge is 2.32. The second-order valence-electron chi connectivity index (χ2n) is 3.76. The molecule has 1 heterocycles. The molecule has 8 heteroatoms. The molecule has 0 saturated carbocycles. The first kappa shape index (κ1) is 13.5. The third kappa shape index (κ3) is 3.72. The van der Waals surface area contributed by atoms with E-state index in [1.54, 1.807) is 0 Å². The molecule has 96 valence electrons. The van der Waals surface area contributed by atoms with Gasteiger partial charge in [-0.1, -0.05) is 19.0 Å². The van der Waals surface area contributed by atoms with E-state index in [4.69, 9.17) is 5.11 Å². The lowest BCUT2D eigenvalue weighted by molar-refractivity contribution is -0.142. The highest BCUT2D eigenvalue weighted by Crippen LogP contribution is 2.25. The first-order valence-corrected chi connectivity index (χ1v) is 4.82. The Bertz CT molecular complexity index is 402. The van der Waals surface area contributed by atoms with E-state index in [0.29, 0.717) is 0 Å². The predicted octanol–water partition coefficient (Wildman–Crippen LogP) is 2.00. The molecule has 2 atom stereocenters. The van der Waals surface area contributed by atoms with E-state index in [0.717, 1.165) is 0 Å². The van der Waals surface area contributed by atoms with E-state index in [-0.39, 0.29) is 5.89 Å². The van der Waals surface area contributed by atoms with Crippen molar-refractivity contribution in [2.24, 2.45) is 5.92 Å². The molecule has 1 N–H and O–H groups in total. The lowest BCUT2D eigenvalue weighted by Crippen LogP contribution is -2.17. The van der Waals surface area contributed by atoms with Gasteiger partial charge < -0.3 is 9.63 Å². The molecule has 0 saturated heterocycles. The molecule has 0 spiro atoms. The Morgan fingerprint density at radius 2 is 2.06 bits per heavy atom. The lowest BCUT2D eigenvalue weighted by Gasteiger charge is -2.10. The normalized spacial score (nSPS) is 15.6. The zero-order valence-electron chi connectivity index (χ0n) is 9.15. The third-order valence-electron chi connectivity index (χ3n) is 2.37. The van der Waals surface area contributed by atoms with Gasteiger partial charge >= 0.3 is 12.1 Å². The Morgan fingerprint density at radius 1 is 1.47 bits per heavy atom. The number of carboxylic acids is 1. The molecule has 0 radical (unpaired) electrons. The van der Waals surface area contributed by atoms with Crippen LogP contribution in [-0.4, -0.2) is 27.4 Å². The minimum Gasteiger partial charge on any atom is -0.481 e. The predicted molar refractivity (Wildman–Crippen MR) is 49.3 cm³/mol. The summed E-state index contributed by atoms with van der Waals surface area (Å²) in [6.45, 7) is 2.92. The highest BCUT2D eigenvalue weighted by atomic mass is 19.4. The molecule has 0 aliphatic rings. The van der Waals surface area contributed by atoms with Crippen LogP contribution in [0.15, 0.2) is 4.52 Å². The molecule has 0 aromatic carbocycles. The number of carboxylic acid groups (broad SMARTS) is 1. The summed E-state index contributed by atoms with van der Waals surface area (Å²) in [5.74, 6) is -3.11. The topological polar surface area (TPSA) is 76.2 Å². The van der Waals surface area contributed by atoms with Gasteiger partial charge in [0.05, 0.1) is 5.92 Å². The van der Waals surface area contributed by atoms with Crippen LogP contribution in [0.2, 0.25) is 0 Å². The SMILES string of the molecule is CC(C(=O)O)C(C)c1nc(CC(F)(F)F)no1. The number of aliphatic carboxylic acids is 1. The first-order valence-electron chi connectivity index (χ1n) is 4.82. The molecule has 5 nitrogen and oxygen atoms in total. The molecule has 0 aliphatic carbocycles. The second-order valence-corrected chi connectivity index (χ2v) is 3.76. The van der Waals surface area contributed by atoms with Gasteiger partial charge in [0, 0.05) is 5.92 Å². The van der Waals surface area contributed by atoms with Gasteiger partial charge in [0.25, 0.3) is 0 Å². The number of alkyl halides is 3. The van der Waals surface area contributed by atoms with Gasteiger partial charge in [0.1, 0.15) is 6.42 Å². The molecule has 0 bridgehead atoms. The zero-order chi connectivity index (χ0) is 13.2. The van der Waals surface area contributed by atoms with Crippen molar-refractivity contribution in [1.82, 2.24) is 10.1 Å². The average molecular weight is 252 g/mol. The Hall–Kier alpha value is -1.60. The first-order chi connectivity index (χ1) is 7.70. The van der Waals surface area contributed by atoms with Crippen molar-refractivity contribution in [2.45, 2.75) is 32.4 Å². The summed E-state index contributed by atoms with van der Waals surface area (Å²) in [6, 6.07) is 0. The molecule has 1 aromatic rings. The Morgan fingerprint density at radius 3 is 2.53 bits per heavy atom. The van der Waals surface area contributed by atoms with Crippen molar-refractivity contribution >= 4 is 5.97 Å². The molecular weight excluding hydrogens is 241 g/mol. The molecule has 0 fully saturated rings. The number of halogens is 3. The maximum atomic E-state index is 12.0. The monoisotopic (exact) mass is 252 g/mol. The van der Waals surface area contributed by atoms with E-state index in [1.807, 2.05) is 0 Å². The lowest BCUT2D eigenvalue weighted by atomic mass is 9.96. The van der Waals surface area contributed by atoms with Crippen molar-refractivity contribution < 1.29 is 27.6 Å². The summed E-state index contributed by atoms with van der Waals surface area (Å²) < 4.78 is 40.7. The molecule has 0 aliphatic heterocycles. The molecule has 2 unspecified atom stereocenters. The molecular formula is C9H11F3N2O3. The molecule has 1 aromatic heterocycles. The number of hydrogen-bond acceptors (Lipinski definition) is 4. The van der Waals surface area contributed by atoms with Crippen LogP contribution < -0.4 is 0 Å². The smallest absolute Gasteiger partial charge is 0.396 e. The molecule has 0 amide bonds. The summed E-state index contributed by atoms with van der Waals surface area (Å²) in [6.07, 6.45) is -5.70. The van der Waals surface area contributed by atoms with E-state index < -0.39 is 36.2 Å². The minimum absolute atomic E-state index is 0.0980. The van der Waals surface area contributed by atoms with Gasteiger partial charge in [-0.05, 0) is 0 Å². The Labute approximate surface area is 94.6 Å². The van der Waals surface area contributed by atoms with Crippen LogP contribution in [0.25, 0.3) is 0 Å². The number of carbonyl (C=O) groups is 1. The van der Waals surface area contributed by atoms with Gasteiger partial charge in [-0.2, -0.15) is 18.2 Å². The third-order valence-corrected chi connectivity index (χ3v) is 2.37. The summed E-state index contributed by atoms with van der Waals surface area (Å²) >= 11 is 0. The maximum Gasteiger partial charge on any atom is 0.396 e. The van der Waals surface area contributed by atoms with Crippen molar-refractivity contribution in [3.63, 3.8) is 0 Å². The van der Waals surface area contributed by atoms with Crippen LogP contribution in [0.1, 0.15) is 31.5 Å². The van der Waals surface area contributed by atoms with Crippen LogP contribution in [-0.2, 0) is 11.2 Å². The number of hydrogen-bond donors (Lipinski definition) is 1. The van der Waals surface area contributed by atoms with Crippen LogP contribution in [0, 0.1) is 5.92 Å². The van der Waals surface area contributed by atoms with Crippen LogP contribution in [0.3, 0.4) is 0 Å². The van der Waals surface area contributed by atoms with E-state index in [9.17, 15) is 18.0 Å². The summed E-state index contributed by atoms with van der Waals surface area (Å²) in [5, 5.41) is 11.9. The van der Waals surface area contributed by atoms with Crippen molar-refractivity contribution in [2.75, 3.05) is 0 Å². The standard InChI is InChI=1S/C9H11F3N2O3/c1-4(5(2)8(15)16)7-13-6(14-17-7)3-9(10,11)12/h4-5H,3H2,1-2H3,(H,15,16). The Balaban J connectivity index is 2.77. The fourth-order valence-electron chi connectivity index (χ4n) is 1.13. The van der Waals surface area contributed by atoms with Gasteiger partial charge in [0.2, 0.25) is 5.89 Å².